The van der Waals surface area contributed by atoms with Crippen LogP contribution in [0.1, 0.15) is 24.9 Å². The molecule has 19 heavy (non-hydrogen) atoms. The minimum absolute atomic E-state index is 0.153. The first-order valence-electron chi connectivity index (χ1n) is 5.71. The molecule has 4 nitrogen and oxygen atoms in total. The van der Waals surface area contributed by atoms with Gasteiger partial charge in [-0.2, -0.15) is 0 Å². The molecule has 0 fully saturated rings. The second-order valence-corrected chi connectivity index (χ2v) is 4.09. The third-order valence-electron chi connectivity index (χ3n) is 2.69. The van der Waals surface area contributed by atoms with Gasteiger partial charge in [0.2, 0.25) is 0 Å². The molecule has 1 rings (SSSR count). The maximum atomic E-state index is 12.3. The van der Waals surface area contributed by atoms with E-state index in [4.69, 9.17) is 10.6 Å². The molecule has 108 valence electrons. The summed E-state index contributed by atoms with van der Waals surface area (Å²) in [7, 11) is 1.52. The van der Waals surface area contributed by atoms with E-state index in [2.05, 4.69) is 10.2 Å². The van der Waals surface area contributed by atoms with E-state index in [1.807, 2.05) is 0 Å². The number of ether oxygens (including phenoxy) is 2. The summed E-state index contributed by atoms with van der Waals surface area (Å²) in [6, 6.07) is 5.39. The maximum absolute atomic E-state index is 12.3. The number of benzene rings is 1. The molecule has 0 bridgehead atoms. The summed E-state index contributed by atoms with van der Waals surface area (Å²) in [6.07, 6.45) is -4.46. The molecule has 1 aromatic carbocycles. The van der Waals surface area contributed by atoms with Crippen molar-refractivity contribution in [1.29, 1.82) is 0 Å². The Kier molecular flexibility index (Phi) is 5.59. The summed E-state index contributed by atoms with van der Waals surface area (Å²) in [6.45, 7) is 1.80. The van der Waals surface area contributed by atoms with Gasteiger partial charge in [-0.1, -0.05) is 18.2 Å². The van der Waals surface area contributed by atoms with E-state index in [1.165, 1.54) is 25.3 Å². The lowest BCUT2D eigenvalue weighted by atomic mass is 10.0. The zero-order valence-corrected chi connectivity index (χ0v) is 10.7. The van der Waals surface area contributed by atoms with Crippen LogP contribution in [0.3, 0.4) is 0 Å². The highest BCUT2D eigenvalue weighted by Crippen LogP contribution is 2.32. The molecule has 0 aliphatic rings. The molecule has 0 heterocycles. The number of nitrogens with one attached hydrogen (secondary N) is 1. The molecule has 0 saturated heterocycles. The summed E-state index contributed by atoms with van der Waals surface area (Å²) in [4.78, 5) is 0. The standard InChI is InChI=1S/C12H17F3N2O2/c1-8(18-2)7-10(17-16)9-5-3-4-6-11(9)19-12(13,14)15/h3-6,8,10,17H,7,16H2,1-2H3. The van der Waals surface area contributed by atoms with E-state index in [-0.39, 0.29) is 11.9 Å². The van der Waals surface area contributed by atoms with Gasteiger partial charge in [-0.15, -0.1) is 13.2 Å². The summed E-state index contributed by atoms with van der Waals surface area (Å²) < 4.78 is 46.0. The van der Waals surface area contributed by atoms with Crippen molar-refractivity contribution in [2.75, 3.05) is 7.11 Å². The molecule has 7 heteroatoms. The Hall–Kier alpha value is -1.31. The van der Waals surface area contributed by atoms with Crippen molar-refractivity contribution in [1.82, 2.24) is 5.43 Å². The molecule has 0 spiro atoms. The highest BCUT2D eigenvalue weighted by atomic mass is 19.4. The number of methoxy groups -OCH3 is 1. The van der Waals surface area contributed by atoms with Gasteiger partial charge in [-0.05, 0) is 19.4 Å². The fourth-order valence-electron chi connectivity index (χ4n) is 1.70. The number of para-hydroxylation sites is 1. The van der Waals surface area contributed by atoms with Crippen molar-refractivity contribution in [2.45, 2.75) is 31.9 Å². The average Bonchev–Trinajstić information content (AvgIpc) is 2.34. The zero-order chi connectivity index (χ0) is 14.5. The van der Waals surface area contributed by atoms with E-state index in [1.54, 1.807) is 13.0 Å². The van der Waals surface area contributed by atoms with Crippen LogP contribution >= 0.6 is 0 Å². The van der Waals surface area contributed by atoms with Crippen LogP contribution in [0.15, 0.2) is 24.3 Å². The van der Waals surface area contributed by atoms with E-state index < -0.39 is 12.4 Å². The lowest BCUT2D eigenvalue weighted by Crippen LogP contribution is -2.31. The van der Waals surface area contributed by atoms with E-state index >= 15 is 0 Å². The largest absolute Gasteiger partial charge is 0.573 e. The summed E-state index contributed by atoms with van der Waals surface area (Å²) in [5.74, 6) is 5.14. The van der Waals surface area contributed by atoms with Crippen LogP contribution in [0.2, 0.25) is 0 Å². The van der Waals surface area contributed by atoms with Crippen LogP contribution in [0.4, 0.5) is 13.2 Å². The second kappa shape index (κ2) is 6.74. The van der Waals surface area contributed by atoms with Crippen LogP contribution in [-0.4, -0.2) is 19.6 Å². The van der Waals surface area contributed by atoms with Gasteiger partial charge in [0.1, 0.15) is 5.75 Å². The number of rotatable bonds is 6. The predicted octanol–water partition coefficient (Wildman–Crippen LogP) is 2.51. The summed E-state index contributed by atoms with van der Waals surface area (Å²) in [5, 5.41) is 0. The first-order valence-corrected chi connectivity index (χ1v) is 5.71. The van der Waals surface area contributed by atoms with Crippen molar-refractivity contribution in [3.63, 3.8) is 0 Å². The van der Waals surface area contributed by atoms with Crippen molar-refractivity contribution < 1.29 is 22.6 Å². The molecule has 0 aromatic heterocycles. The van der Waals surface area contributed by atoms with Crippen LogP contribution in [0, 0.1) is 0 Å². The SMILES string of the molecule is COC(C)CC(NN)c1ccccc1OC(F)(F)F. The average molecular weight is 278 g/mol. The maximum Gasteiger partial charge on any atom is 0.573 e. The van der Waals surface area contributed by atoms with Crippen LogP contribution in [0.5, 0.6) is 5.75 Å². The highest BCUT2D eigenvalue weighted by Gasteiger charge is 2.33. The topological polar surface area (TPSA) is 56.5 Å². The van der Waals surface area contributed by atoms with Gasteiger partial charge < -0.3 is 9.47 Å². The van der Waals surface area contributed by atoms with Gasteiger partial charge in [-0.3, -0.25) is 11.3 Å². The summed E-state index contributed by atoms with van der Waals surface area (Å²) >= 11 is 0. The summed E-state index contributed by atoms with van der Waals surface area (Å²) in [5.41, 5.74) is 2.82. The van der Waals surface area contributed by atoms with Crippen molar-refractivity contribution >= 4 is 0 Å². The Labute approximate surface area is 109 Å². The number of hydrazine groups is 1. The zero-order valence-electron chi connectivity index (χ0n) is 10.7. The first kappa shape index (κ1) is 15.7. The Morgan fingerprint density at radius 3 is 2.47 bits per heavy atom. The minimum Gasteiger partial charge on any atom is -0.405 e. The fourth-order valence-corrected chi connectivity index (χ4v) is 1.70. The number of nitrogens with two attached hydrogens (primary N) is 1. The van der Waals surface area contributed by atoms with Crippen LogP contribution < -0.4 is 16.0 Å². The lowest BCUT2D eigenvalue weighted by molar-refractivity contribution is -0.275. The molecular weight excluding hydrogens is 261 g/mol. The minimum atomic E-state index is -4.73. The van der Waals surface area contributed by atoms with Gasteiger partial charge in [0.05, 0.1) is 12.1 Å². The fraction of sp³-hybridized carbons (Fsp3) is 0.500. The van der Waals surface area contributed by atoms with Crippen LogP contribution in [-0.2, 0) is 4.74 Å². The van der Waals surface area contributed by atoms with Crippen LogP contribution in [0.25, 0.3) is 0 Å². The molecule has 0 amide bonds. The molecule has 1 aromatic rings. The predicted molar refractivity (Wildman–Crippen MR) is 64.3 cm³/mol. The van der Waals surface area contributed by atoms with E-state index in [9.17, 15) is 13.2 Å². The Bertz CT molecular complexity index is 399. The van der Waals surface area contributed by atoms with Gasteiger partial charge in [0.25, 0.3) is 0 Å². The van der Waals surface area contributed by atoms with Gasteiger partial charge in [0, 0.05) is 12.7 Å². The number of hydrogen-bond donors (Lipinski definition) is 2. The molecule has 2 unspecified atom stereocenters. The quantitative estimate of drug-likeness (QED) is 0.620. The van der Waals surface area contributed by atoms with Gasteiger partial charge in [0.15, 0.2) is 0 Å². The van der Waals surface area contributed by atoms with Crippen molar-refractivity contribution in [3.8, 4) is 5.75 Å². The number of hydrogen-bond acceptors (Lipinski definition) is 4. The molecule has 0 aliphatic heterocycles. The molecule has 3 N–H and O–H groups in total. The Balaban J connectivity index is 2.96. The Morgan fingerprint density at radius 1 is 1.32 bits per heavy atom. The van der Waals surface area contributed by atoms with Gasteiger partial charge in [-0.25, -0.2) is 0 Å². The second-order valence-electron chi connectivity index (χ2n) is 4.09. The molecule has 0 radical (unpaired) electrons. The Morgan fingerprint density at radius 2 is 1.95 bits per heavy atom. The van der Waals surface area contributed by atoms with Crippen molar-refractivity contribution in [3.05, 3.63) is 29.8 Å². The van der Waals surface area contributed by atoms with Crippen molar-refractivity contribution in [2.24, 2.45) is 5.84 Å². The molecule has 0 aliphatic carbocycles. The monoisotopic (exact) mass is 278 g/mol. The third-order valence-corrected chi connectivity index (χ3v) is 2.69. The normalized spacial score (nSPS) is 15.1. The molecule has 2 atom stereocenters. The smallest absolute Gasteiger partial charge is 0.405 e. The first-order chi connectivity index (χ1) is 8.87. The molecule has 0 saturated carbocycles. The number of alkyl halides is 3. The number of halogens is 3. The van der Waals surface area contributed by atoms with E-state index in [0.717, 1.165) is 0 Å². The third kappa shape index (κ3) is 5.06. The van der Waals surface area contributed by atoms with Gasteiger partial charge >= 0.3 is 6.36 Å². The molecular formula is C12H17F3N2O2. The highest BCUT2D eigenvalue weighted by molar-refractivity contribution is 5.36. The lowest BCUT2D eigenvalue weighted by Gasteiger charge is -2.22. The van der Waals surface area contributed by atoms with E-state index in [0.29, 0.717) is 12.0 Å².